The molecule has 0 N–H and O–H groups in total. The van der Waals surface area contributed by atoms with Crippen LogP contribution in [0.2, 0.25) is 0 Å². The second-order valence-electron chi connectivity index (χ2n) is 9.73. The van der Waals surface area contributed by atoms with Crippen LogP contribution in [0.1, 0.15) is 35.3 Å². The van der Waals surface area contributed by atoms with Gasteiger partial charge >= 0.3 is 0 Å². The number of hydrogen-bond donors (Lipinski definition) is 0. The van der Waals surface area contributed by atoms with Gasteiger partial charge in [-0.15, -0.1) is 0 Å². The highest BCUT2D eigenvalue weighted by Gasteiger charge is 2.62. The minimum atomic E-state index is -0.476. The van der Waals surface area contributed by atoms with Crippen LogP contribution >= 0.6 is 0 Å². The summed E-state index contributed by atoms with van der Waals surface area (Å²) in [6, 6.07) is 25.3. The first-order valence-corrected chi connectivity index (χ1v) is 12.7. The van der Waals surface area contributed by atoms with Crippen LogP contribution in [-0.2, 0) is 9.59 Å². The number of carbonyl (C=O) groups is 3. The molecule has 1 saturated heterocycles. The molecule has 5 nitrogen and oxygen atoms in total. The van der Waals surface area contributed by atoms with Crippen LogP contribution in [0.15, 0.2) is 96.6 Å². The van der Waals surface area contributed by atoms with E-state index < -0.39 is 11.8 Å². The zero-order valence-electron chi connectivity index (χ0n) is 20.8. The summed E-state index contributed by atoms with van der Waals surface area (Å²) < 4.78 is 5.76. The number of hydrogen-bond acceptors (Lipinski definition) is 4. The van der Waals surface area contributed by atoms with E-state index in [1.165, 1.54) is 11.8 Å². The van der Waals surface area contributed by atoms with Gasteiger partial charge in [0.1, 0.15) is 5.75 Å². The monoisotopic (exact) mass is 489 g/mol. The molecule has 2 amide bonds. The van der Waals surface area contributed by atoms with Crippen LogP contribution in [-0.4, -0.2) is 24.2 Å². The average molecular weight is 490 g/mol. The molecule has 37 heavy (non-hydrogen) atoms. The Balaban J connectivity index is 1.47. The summed E-state index contributed by atoms with van der Waals surface area (Å²) in [6.45, 7) is 3.70. The maximum absolute atomic E-state index is 14.0. The third-order valence-corrected chi connectivity index (χ3v) is 7.74. The second kappa shape index (κ2) is 9.00. The molecule has 2 aliphatic carbocycles. The molecular weight excluding hydrogens is 462 g/mol. The molecule has 3 aromatic rings. The van der Waals surface area contributed by atoms with Crippen molar-refractivity contribution >= 4 is 28.9 Å². The Bertz CT molecular complexity index is 1400. The van der Waals surface area contributed by atoms with E-state index in [2.05, 4.69) is 36.4 Å². The fraction of sp³-hybridized carbons (Fsp3) is 0.219. The first kappa shape index (κ1) is 23.2. The molecule has 4 atom stereocenters. The molecule has 1 saturated carbocycles. The van der Waals surface area contributed by atoms with Crippen molar-refractivity contribution in [2.45, 2.75) is 13.8 Å². The molecule has 3 aromatic carbocycles. The number of fused-ring (bicyclic) bond motifs is 5. The Morgan fingerprint density at radius 3 is 1.81 bits per heavy atom. The maximum Gasteiger partial charge on any atom is 0.238 e. The number of allylic oxidation sites excluding steroid dienone is 3. The van der Waals surface area contributed by atoms with Gasteiger partial charge in [-0.25, -0.2) is 4.90 Å². The van der Waals surface area contributed by atoms with Gasteiger partial charge in [-0.1, -0.05) is 72.8 Å². The quantitative estimate of drug-likeness (QED) is 0.253. The number of ether oxygens (including phenoxy) is 1. The zero-order valence-corrected chi connectivity index (χ0v) is 20.8. The molecular formula is C32H27NO4. The van der Waals surface area contributed by atoms with Gasteiger partial charge in [-0.2, -0.15) is 0 Å². The van der Waals surface area contributed by atoms with Crippen LogP contribution in [0.25, 0.3) is 5.57 Å². The number of amides is 2. The van der Waals surface area contributed by atoms with Crippen molar-refractivity contribution in [1.29, 1.82) is 0 Å². The summed E-state index contributed by atoms with van der Waals surface area (Å²) in [7, 11) is 0. The summed E-state index contributed by atoms with van der Waals surface area (Å²) in [6.07, 6.45) is 4.19. The molecule has 1 aliphatic heterocycles. The molecule has 0 radical (unpaired) electrons. The Kier molecular flexibility index (Phi) is 5.64. The number of ketones is 1. The Morgan fingerprint density at radius 1 is 0.784 bits per heavy atom. The van der Waals surface area contributed by atoms with E-state index in [1.54, 1.807) is 18.2 Å². The van der Waals surface area contributed by atoms with E-state index in [4.69, 9.17) is 4.74 Å². The van der Waals surface area contributed by atoms with Gasteiger partial charge in [0.2, 0.25) is 11.8 Å². The molecule has 6 rings (SSSR count). The fourth-order valence-electron chi connectivity index (χ4n) is 6.23. The second-order valence-corrected chi connectivity index (χ2v) is 9.73. The highest BCUT2D eigenvalue weighted by molar-refractivity contribution is 6.24. The van der Waals surface area contributed by atoms with Crippen molar-refractivity contribution in [1.82, 2.24) is 0 Å². The summed E-state index contributed by atoms with van der Waals surface area (Å²) in [5.74, 6) is -1.45. The van der Waals surface area contributed by atoms with E-state index in [1.807, 2.05) is 43.3 Å². The minimum absolute atomic E-state index is 0.133. The lowest BCUT2D eigenvalue weighted by molar-refractivity contribution is -0.123. The molecule has 184 valence electrons. The summed E-state index contributed by atoms with van der Waals surface area (Å²) in [5, 5.41) is 0. The van der Waals surface area contributed by atoms with Crippen molar-refractivity contribution in [2.75, 3.05) is 11.5 Å². The van der Waals surface area contributed by atoms with Crippen LogP contribution in [0.3, 0.4) is 0 Å². The van der Waals surface area contributed by atoms with Crippen molar-refractivity contribution in [3.05, 3.63) is 113 Å². The number of imide groups is 1. The lowest BCUT2D eigenvalue weighted by Crippen LogP contribution is -2.34. The maximum atomic E-state index is 14.0. The Morgan fingerprint density at radius 2 is 1.32 bits per heavy atom. The number of anilines is 1. The molecule has 0 aromatic heterocycles. The van der Waals surface area contributed by atoms with Crippen molar-refractivity contribution < 1.29 is 19.1 Å². The lowest BCUT2D eigenvalue weighted by Gasteiger charge is -2.23. The predicted octanol–water partition coefficient (Wildman–Crippen LogP) is 5.71. The van der Waals surface area contributed by atoms with Crippen LogP contribution in [0.5, 0.6) is 5.75 Å². The number of nitrogens with zero attached hydrogens (tertiary/aromatic N) is 1. The first-order chi connectivity index (χ1) is 18.0. The normalized spacial score (nSPS) is 23.5. The molecule has 5 heteroatoms. The zero-order chi connectivity index (χ0) is 25.7. The first-order valence-electron chi connectivity index (χ1n) is 12.7. The molecule has 2 fully saturated rings. The van der Waals surface area contributed by atoms with Crippen molar-refractivity contribution in [2.24, 2.45) is 23.7 Å². The topological polar surface area (TPSA) is 63.7 Å². The Labute approximate surface area is 216 Å². The van der Waals surface area contributed by atoms with Gasteiger partial charge in [-0.05, 0) is 54.3 Å². The summed E-state index contributed by atoms with van der Waals surface area (Å²) in [5.41, 5.74) is 5.18. The number of benzene rings is 3. The standard InChI is InChI=1S/C32H27NO4/c1-3-37-26-17-14-22(19(2)34)18-25(26)33-31(35)29-23-15-16-24(30(29)32(33)36)28(23)27(20-10-6-4-7-11-20)21-12-8-5-9-13-21/h4-18,23-24,29-30H,3H2,1-2H3/t23-,24-,29+,30+/m1/s1. The molecule has 0 spiro atoms. The van der Waals surface area contributed by atoms with E-state index in [0.717, 1.165) is 22.3 Å². The SMILES string of the molecule is CCOc1ccc(C(C)=O)cc1N1C(=O)[C@@H]2[C@@H](C1=O)[C@@H]1C=C[C@@H]2C1=C(c1ccccc1)c1ccccc1. The number of Topliss-reactive ketones (excluding diaryl/α,β-unsaturated/α-hetero) is 1. The third kappa shape index (κ3) is 3.57. The molecule has 0 unspecified atom stereocenters. The number of rotatable bonds is 6. The van der Waals surface area contributed by atoms with Crippen molar-refractivity contribution in [3.8, 4) is 5.75 Å². The molecule has 1 heterocycles. The van der Waals surface area contributed by atoms with Crippen LogP contribution in [0.4, 0.5) is 5.69 Å². The third-order valence-electron chi connectivity index (χ3n) is 7.74. The van der Waals surface area contributed by atoms with Gasteiger partial charge in [0.15, 0.2) is 5.78 Å². The predicted molar refractivity (Wildman–Crippen MR) is 142 cm³/mol. The Hall–Kier alpha value is -4.25. The largest absolute Gasteiger partial charge is 0.492 e. The van der Waals surface area contributed by atoms with Gasteiger partial charge in [0.25, 0.3) is 0 Å². The number of carbonyl (C=O) groups excluding carboxylic acids is 3. The highest BCUT2D eigenvalue weighted by atomic mass is 16.5. The fourth-order valence-corrected chi connectivity index (χ4v) is 6.23. The summed E-state index contributed by atoms with van der Waals surface area (Å²) in [4.78, 5) is 41.3. The minimum Gasteiger partial charge on any atom is -0.492 e. The van der Waals surface area contributed by atoms with Gasteiger partial charge in [0.05, 0.1) is 24.1 Å². The van der Waals surface area contributed by atoms with E-state index in [9.17, 15) is 14.4 Å². The lowest BCUT2D eigenvalue weighted by atomic mass is 9.85. The van der Waals surface area contributed by atoms with E-state index >= 15 is 0 Å². The van der Waals surface area contributed by atoms with E-state index in [0.29, 0.717) is 23.6 Å². The molecule has 2 bridgehead atoms. The van der Waals surface area contributed by atoms with Gasteiger partial charge < -0.3 is 4.74 Å². The van der Waals surface area contributed by atoms with Crippen LogP contribution in [0, 0.1) is 23.7 Å². The van der Waals surface area contributed by atoms with Crippen LogP contribution < -0.4 is 9.64 Å². The average Bonchev–Trinajstić information content (AvgIpc) is 3.55. The summed E-state index contributed by atoms with van der Waals surface area (Å²) >= 11 is 0. The van der Waals surface area contributed by atoms with Crippen molar-refractivity contribution in [3.63, 3.8) is 0 Å². The highest BCUT2D eigenvalue weighted by Crippen LogP contribution is 2.59. The van der Waals surface area contributed by atoms with E-state index in [-0.39, 0.29) is 29.4 Å². The molecule has 3 aliphatic rings. The van der Waals surface area contributed by atoms with Gasteiger partial charge in [0, 0.05) is 17.4 Å². The van der Waals surface area contributed by atoms with Gasteiger partial charge in [-0.3, -0.25) is 14.4 Å². The smallest absolute Gasteiger partial charge is 0.238 e.